The molecule has 1 saturated heterocycles. The maximum Gasteiger partial charge on any atom is 0.331 e. The number of likely N-dealkylation sites (tertiary alicyclic amines) is 1. The number of nitrogens with one attached hydrogen (secondary N) is 1. The third-order valence-electron chi connectivity index (χ3n) is 4.25. The highest BCUT2D eigenvalue weighted by Crippen LogP contribution is 2.26. The van der Waals surface area contributed by atoms with Crippen molar-refractivity contribution in [3.05, 3.63) is 35.9 Å². The van der Waals surface area contributed by atoms with Crippen LogP contribution >= 0.6 is 0 Å². The minimum absolute atomic E-state index is 0.299. The molecule has 0 saturated carbocycles. The maximum atomic E-state index is 12.6. The average Bonchev–Trinajstić information content (AvgIpc) is 2.91. The van der Waals surface area contributed by atoms with Gasteiger partial charge in [0, 0.05) is 19.6 Å². The zero-order chi connectivity index (χ0) is 17.7. The zero-order valence-electron chi connectivity index (χ0n) is 13.9. The van der Waals surface area contributed by atoms with Gasteiger partial charge in [-0.25, -0.2) is 9.59 Å². The highest BCUT2D eigenvalue weighted by atomic mass is 16.4. The molecule has 2 unspecified atom stereocenters. The van der Waals surface area contributed by atoms with Crippen molar-refractivity contribution in [2.24, 2.45) is 0 Å². The highest BCUT2D eigenvalue weighted by Gasteiger charge is 2.40. The van der Waals surface area contributed by atoms with Gasteiger partial charge in [-0.2, -0.15) is 0 Å². The first kappa shape index (κ1) is 17.8. The van der Waals surface area contributed by atoms with Crippen LogP contribution in [-0.2, 0) is 9.59 Å². The van der Waals surface area contributed by atoms with Gasteiger partial charge in [0.15, 0.2) is 6.04 Å². The van der Waals surface area contributed by atoms with Crippen LogP contribution in [0.25, 0.3) is 0 Å². The molecule has 0 aliphatic carbocycles. The predicted octanol–water partition coefficient (Wildman–Crippen LogP) is 1.46. The number of benzene rings is 1. The Morgan fingerprint density at radius 1 is 1.29 bits per heavy atom. The van der Waals surface area contributed by atoms with E-state index in [-0.39, 0.29) is 11.9 Å². The summed E-state index contributed by atoms with van der Waals surface area (Å²) in [6, 6.07) is 6.64. The lowest BCUT2D eigenvalue weighted by molar-refractivity contribution is -0.149. The average molecular weight is 333 g/mol. The van der Waals surface area contributed by atoms with Gasteiger partial charge < -0.3 is 20.2 Å². The molecule has 2 N–H and O–H groups in total. The lowest BCUT2D eigenvalue weighted by atomic mass is 10.1. The van der Waals surface area contributed by atoms with Crippen molar-refractivity contribution in [1.82, 2.24) is 15.1 Å². The molecule has 1 aliphatic rings. The van der Waals surface area contributed by atoms with Crippen molar-refractivity contribution < 1.29 is 19.5 Å². The van der Waals surface area contributed by atoms with Gasteiger partial charge in [-0.3, -0.25) is 4.79 Å². The smallest absolute Gasteiger partial charge is 0.331 e. The lowest BCUT2D eigenvalue weighted by Crippen LogP contribution is -2.48. The molecule has 2 atom stereocenters. The third-order valence-corrected chi connectivity index (χ3v) is 4.25. The van der Waals surface area contributed by atoms with Crippen molar-refractivity contribution >= 4 is 17.9 Å². The molecule has 0 spiro atoms. The molecule has 0 radical (unpaired) electrons. The van der Waals surface area contributed by atoms with Crippen molar-refractivity contribution in [2.75, 3.05) is 19.6 Å². The monoisotopic (exact) mass is 333 g/mol. The van der Waals surface area contributed by atoms with Crippen molar-refractivity contribution in [2.45, 2.75) is 32.4 Å². The third kappa shape index (κ3) is 3.67. The summed E-state index contributed by atoms with van der Waals surface area (Å²) >= 11 is 0. The van der Waals surface area contributed by atoms with E-state index < -0.39 is 18.1 Å². The maximum absolute atomic E-state index is 12.6. The van der Waals surface area contributed by atoms with Gasteiger partial charge in [0.25, 0.3) is 0 Å². The Morgan fingerprint density at radius 3 is 2.46 bits per heavy atom. The SMILES string of the molecule is CCN(CC)C(=O)NC1CCN(C(C(=O)O)c2ccccc2)C1=O. The number of hydrogen-bond acceptors (Lipinski definition) is 3. The van der Waals surface area contributed by atoms with Crippen molar-refractivity contribution in [1.29, 1.82) is 0 Å². The Morgan fingerprint density at radius 2 is 1.92 bits per heavy atom. The van der Waals surface area contributed by atoms with Crippen molar-refractivity contribution in [3.63, 3.8) is 0 Å². The normalized spacial score (nSPS) is 18.3. The fraction of sp³-hybridized carbons (Fsp3) is 0.471. The first-order chi connectivity index (χ1) is 11.5. The zero-order valence-corrected chi connectivity index (χ0v) is 13.9. The van der Waals surface area contributed by atoms with E-state index in [2.05, 4.69) is 5.32 Å². The van der Waals surface area contributed by atoms with Crippen LogP contribution in [0.3, 0.4) is 0 Å². The fourth-order valence-electron chi connectivity index (χ4n) is 2.93. The van der Waals surface area contributed by atoms with Gasteiger partial charge in [0.05, 0.1) is 0 Å². The number of rotatable bonds is 6. The van der Waals surface area contributed by atoms with Crippen LogP contribution < -0.4 is 5.32 Å². The van der Waals surface area contributed by atoms with Gasteiger partial charge >= 0.3 is 12.0 Å². The van der Waals surface area contributed by atoms with Gasteiger partial charge in [-0.15, -0.1) is 0 Å². The Kier molecular flexibility index (Phi) is 5.78. The van der Waals surface area contributed by atoms with Gasteiger partial charge in [-0.1, -0.05) is 30.3 Å². The molecule has 1 heterocycles. The van der Waals surface area contributed by atoms with Crippen LogP contribution in [0, 0.1) is 0 Å². The topological polar surface area (TPSA) is 90.0 Å². The van der Waals surface area contributed by atoms with Gasteiger partial charge in [0.1, 0.15) is 6.04 Å². The van der Waals surface area contributed by atoms with E-state index in [1.807, 2.05) is 13.8 Å². The summed E-state index contributed by atoms with van der Waals surface area (Å²) < 4.78 is 0. The minimum Gasteiger partial charge on any atom is -0.479 e. The number of carboxylic acid groups (broad SMARTS) is 1. The summed E-state index contributed by atoms with van der Waals surface area (Å²) in [7, 11) is 0. The number of aliphatic carboxylic acids is 1. The number of carbonyl (C=O) groups excluding carboxylic acids is 2. The van der Waals surface area contributed by atoms with Crippen LogP contribution in [0.4, 0.5) is 4.79 Å². The van der Waals surface area contributed by atoms with Crippen LogP contribution in [0.1, 0.15) is 31.9 Å². The fourth-order valence-corrected chi connectivity index (χ4v) is 2.93. The van der Waals surface area contributed by atoms with Gasteiger partial charge in [-0.05, 0) is 25.8 Å². The molecule has 1 aromatic rings. The Labute approximate surface area is 141 Å². The molecule has 1 fully saturated rings. The molecule has 7 nitrogen and oxygen atoms in total. The number of hydrogen-bond donors (Lipinski definition) is 2. The van der Waals surface area contributed by atoms with E-state index in [9.17, 15) is 19.5 Å². The quantitative estimate of drug-likeness (QED) is 0.825. The van der Waals surface area contributed by atoms with Crippen LogP contribution in [0.15, 0.2) is 30.3 Å². The standard InChI is InChI=1S/C17H23N3O4/c1-3-19(4-2)17(24)18-13-10-11-20(15(13)21)14(16(22)23)12-8-6-5-7-9-12/h5-9,13-14H,3-4,10-11H2,1-2H3,(H,18,24)(H,22,23). The Hall–Kier alpha value is -2.57. The number of amides is 3. The Bertz CT molecular complexity index is 601. The van der Waals surface area contributed by atoms with E-state index in [0.717, 1.165) is 0 Å². The molecule has 1 aliphatic heterocycles. The summed E-state index contributed by atoms with van der Waals surface area (Å²) in [5, 5.41) is 12.3. The molecule has 0 bridgehead atoms. The summed E-state index contributed by atoms with van der Waals surface area (Å²) in [5.74, 6) is -1.43. The minimum atomic E-state index is -1.08. The second kappa shape index (κ2) is 7.81. The summed E-state index contributed by atoms with van der Waals surface area (Å²) in [4.78, 5) is 39.3. The van der Waals surface area contributed by atoms with E-state index in [4.69, 9.17) is 0 Å². The molecule has 1 aromatic carbocycles. The summed E-state index contributed by atoms with van der Waals surface area (Å²) in [6.07, 6.45) is 0.405. The molecule has 130 valence electrons. The second-order valence-corrected chi connectivity index (χ2v) is 5.65. The number of carboxylic acids is 1. The number of nitrogens with zero attached hydrogens (tertiary/aromatic N) is 2. The number of carbonyl (C=O) groups is 3. The first-order valence-electron chi connectivity index (χ1n) is 8.13. The second-order valence-electron chi connectivity index (χ2n) is 5.65. The predicted molar refractivity (Wildman–Crippen MR) is 88.4 cm³/mol. The van der Waals surface area contributed by atoms with E-state index in [1.165, 1.54) is 4.90 Å². The van der Waals surface area contributed by atoms with E-state index in [1.54, 1.807) is 35.2 Å². The van der Waals surface area contributed by atoms with E-state index >= 15 is 0 Å². The molecule has 0 aromatic heterocycles. The first-order valence-corrected chi connectivity index (χ1v) is 8.13. The molecule has 24 heavy (non-hydrogen) atoms. The summed E-state index contributed by atoms with van der Waals surface area (Å²) in [6.45, 7) is 5.13. The van der Waals surface area contributed by atoms with Crippen LogP contribution in [-0.4, -0.2) is 58.5 Å². The van der Waals surface area contributed by atoms with E-state index in [0.29, 0.717) is 31.6 Å². The largest absolute Gasteiger partial charge is 0.479 e. The number of urea groups is 1. The molecule has 2 rings (SSSR count). The van der Waals surface area contributed by atoms with Crippen LogP contribution in [0.2, 0.25) is 0 Å². The van der Waals surface area contributed by atoms with Crippen molar-refractivity contribution in [3.8, 4) is 0 Å². The van der Waals surface area contributed by atoms with Gasteiger partial charge in [0.2, 0.25) is 5.91 Å². The molecular formula is C17H23N3O4. The molecule has 7 heteroatoms. The Balaban J connectivity index is 2.12. The molecular weight excluding hydrogens is 310 g/mol. The summed E-state index contributed by atoms with van der Waals surface area (Å²) in [5.41, 5.74) is 0.550. The van der Waals surface area contributed by atoms with Crippen LogP contribution in [0.5, 0.6) is 0 Å². The lowest BCUT2D eigenvalue weighted by Gasteiger charge is -2.26. The molecule has 3 amide bonds. The highest BCUT2D eigenvalue weighted by molar-refractivity contribution is 5.92.